The third kappa shape index (κ3) is 3.07. The third-order valence-electron chi connectivity index (χ3n) is 4.66. The molecule has 0 bridgehead atoms. The third-order valence-corrected chi connectivity index (χ3v) is 4.66. The van der Waals surface area contributed by atoms with Crippen molar-refractivity contribution in [3.63, 3.8) is 0 Å². The first-order chi connectivity index (χ1) is 9.74. The van der Waals surface area contributed by atoms with Crippen molar-refractivity contribution >= 4 is 0 Å². The number of rotatable bonds is 7. The van der Waals surface area contributed by atoms with Gasteiger partial charge in [0.1, 0.15) is 0 Å². The van der Waals surface area contributed by atoms with E-state index in [1.54, 1.807) is 0 Å². The van der Waals surface area contributed by atoms with E-state index in [1.165, 1.54) is 30.7 Å². The molecule has 0 aromatic carbocycles. The second-order valence-electron chi connectivity index (χ2n) is 6.43. The maximum atomic E-state index is 5.72. The minimum absolute atomic E-state index is 0.278. The molecule has 112 valence electrons. The molecule has 1 atom stereocenters. The summed E-state index contributed by atoms with van der Waals surface area (Å²) >= 11 is 0. The number of ether oxygens (including phenoxy) is 1. The average molecular weight is 277 g/mol. The smallest absolute Gasteiger partial charge is 0.0624 e. The van der Waals surface area contributed by atoms with Crippen LogP contribution in [0.15, 0.2) is 6.07 Å². The zero-order valence-electron chi connectivity index (χ0n) is 12.8. The summed E-state index contributed by atoms with van der Waals surface area (Å²) in [5, 5.41) is 8.39. The van der Waals surface area contributed by atoms with E-state index in [0.29, 0.717) is 0 Å². The van der Waals surface area contributed by atoms with Gasteiger partial charge in [-0.05, 0) is 45.1 Å². The van der Waals surface area contributed by atoms with Gasteiger partial charge in [-0.1, -0.05) is 6.92 Å². The molecule has 1 aliphatic carbocycles. The van der Waals surface area contributed by atoms with E-state index in [-0.39, 0.29) is 5.41 Å². The maximum absolute atomic E-state index is 5.72. The molecule has 1 aromatic heterocycles. The first-order valence-electron chi connectivity index (χ1n) is 8.11. The monoisotopic (exact) mass is 277 g/mol. The van der Waals surface area contributed by atoms with Gasteiger partial charge in [-0.2, -0.15) is 5.10 Å². The lowest BCUT2D eigenvalue weighted by Crippen LogP contribution is -2.38. The molecule has 0 radical (unpaired) electrons. The molecule has 1 aromatic rings. The largest absolute Gasteiger partial charge is 0.381 e. The van der Waals surface area contributed by atoms with Gasteiger partial charge in [0.15, 0.2) is 0 Å². The Morgan fingerprint density at radius 3 is 2.90 bits per heavy atom. The normalized spacial score (nSPS) is 26.3. The first kappa shape index (κ1) is 14.1. The second kappa shape index (κ2) is 5.86. The van der Waals surface area contributed by atoms with E-state index >= 15 is 0 Å². The molecule has 1 N–H and O–H groups in total. The minimum atomic E-state index is 0.278. The lowest BCUT2D eigenvalue weighted by molar-refractivity contribution is 0.147. The van der Waals surface area contributed by atoms with Crippen LogP contribution in [0.1, 0.15) is 44.5 Å². The van der Waals surface area contributed by atoms with Crippen LogP contribution in [0.25, 0.3) is 0 Å². The van der Waals surface area contributed by atoms with E-state index in [1.807, 2.05) is 0 Å². The van der Waals surface area contributed by atoms with Gasteiger partial charge < -0.3 is 10.1 Å². The van der Waals surface area contributed by atoms with E-state index in [9.17, 15) is 0 Å². The van der Waals surface area contributed by atoms with Crippen LogP contribution < -0.4 is 5.32 Å². The Morgan fingerprint density at radius 2 is 2.30 bits per heavy atom. The standard InChI is InChI=1S/C16H27N3O/c1-3-13-9-15(19(4-2)18-13)10-16(7-8-20-12-16)11-17-14-5-6-14/h9,14,17H,3-8,10-12H2,1-2H3. The number of aryl methyl sites for hydroxylation is 2. The lowest BCUT2D eigenvalue weighted by Gasteiger charge is -2.28. The lowest BCUT2D eigenvalue weighted by atomic mass is 9.82. The van der Waals surface area contributed by atoms with Crippen molar-refractivity contribution in [1.82, 2.24) is 15.1 Å². The Bertz CT molecular complexity index is 445. The summed E-state index contributed by atoms with van der Waals surface area (Å²) in [5.74, 6) is 0. The molecule has 0 amide bonds. The zero-order valence-corrected chi connectivity index (χ0v) is 12.8. The highest BCUT2D eigenvalue weighted by Gasteiger charge is 2.37. The Morgan fingerprint density at radius 1 is 1.45 bits per heavy atom. The van der Waals surface area contributed by atoms with Crippen LogP contribution in [0, 0.1) is 5.41 Å². The maximum Gasteiger partial charge on any atom is 0.0624 e. The Labute approximate surface area is 121 Å². The van der Waals surface area contributed by atoms with Gasteiger partial charge in [-0.15, -0.1) is 0 Å². The molecule has 20 heavy (non-hydrogen) atoms. The summed E-state index contributed by atoms with van der Waals surface area (Å²) in [4.78, 5) is 0. The predicted molar refractivity (Wildman–Crippen MR) is 79.9 cm³/mol. The molecular weight excluding hydrogens is 250 g/mol. The summed E-state index contributed by atoms with van der Waals surface area (Å²) < 4.78 is 7.90. The Hall–Kier alpha value is -0.870. The van der Waals surface area contributed by atoms with Gasteiger partial charge in [-0.3, -0.25) is 4.68 Å². The van der Waals surface area contributed by atoms with Crippen molar-refractivity contribution in [2.75, 3.05) is 19.8 Å². The van der Waals surface area contributed by atoms with Gasteiger partial charge in [0.2, 0.25) is 0 Å². The number of hydrogen-bond acceptors (Lipinski definition) is 3. The topological polar surface area (TPSA) is 39.1 Å². The van der Waals surface area contributed by atoms with Crippen LogP contribution in [-0.4, -0.2) is 35.6 Å². The quantitative estimate of drug-likeness (QED) is 0.830. The van der Waals surface area contributed by atoms with E-state index in [0.717, 1.165) is 45.2 Å². The van der Waals surface area contributed by atoms with Gasteiger partial charge >= 0.3 is 0 Å². The summed E-state index contributed by atoms with van der Waals surface area (Å²) in [6.45, 7) is 8.21. The van der Waals surface area contributed by atoms with Gasteiger partial charge in [0.25, 0.3) is 0 Å². The fourth-order valence-electron chi connectivity index (χ4n) is 3.13. The SMILES string of the molecule is CCc1cc(CC2(CNC3CC3)CCOC2)n(CC)n1. The molecule has 2 fully saturated rings. The zero-order chi connectivity index (χ0) is 14.0. The van der Waals surface area contributed by atoms with E-state index in [2.05, 4.69) is 35.0 Å². The number of aromatic nitrogens is 2. The number of hydrogen-bond donors (Lipinski definition) is 1. The molecule has 0 spiro atoms. The number of nitrogens with one attached hydrogen (secondary N) is 1. The highest BCUT2D eigenvalue weighted by atomic mass is 16.5. The summed E-state index contributed by atoms with van der Waals surface area (Å²) in [7, 11) is 0. The van der Waals surface area contributed by atoms with Crippen LogP contribution in [0.4, 0.5) is 0 Å². The van der Waals surface area contributed by atoms with E-state index < -0.39 is 0 Å². The van der Waals surface area contributed by atoms with Gasteiger partial charge in [0.05, 0.1) is 12.3 Å². The molecule has 3 rings (SSSR count). The van der Waals surface area contributed by atoms with Crippen molar-refractivity contribution in [2.24, 2.45) is 5.41 Å². The molecule has 4 heteroatoms. The predicted octanol–water partition coefficient (Wildman–Crippen LogP) is 2.17. The summed E-state index contributed by atoms with van der Waals surface area (Å²) in [6.07, 6.45) is 5.98. The molecule has 2 heterocycles. The van der Waals surface area contributed by atoms with Crippen molar-refractivity contribution in [3.05, 3.63) is 17.5 Å². The molecule has 1 aliphatic heterocycles. The van der Waals surface area contributed by atoms with Crippen LogP contribution in [-0.2, 0) is 24.1 Å². The van der Waals surface area contributed by atoms with Crippen molar-refractivity contribution < 1.29 is 4.74 Å². The van der Waals surface area contributed by atoms with Gasteiger partial charge in [-0.25, -0.2) is 0 Å². The summed E-state index contributed by atoms with van der Waals surface area (Å²) in [6, 6.07) is 3.07. The minimum Gasteiger partial charge on any atom is -0.381 e. The van der Waals surface area contributed by atoms with Crippen molar-refractivity contribution in [3.8, 4) is 0 Å². The van der Waals surface area contributed by atoms with Crippen LogP contribution in [0.3, 0.4) is 0 Å². The number of nitrogens with zero attached hydrogens (tertiary/aromatic N) is 2. The fourth-order valence-corrected chi connectivity index (χ4v) is 3.13. The van der Waals surface area contributed by atoms with E-state index in [4.69, 9.17) is 4.74 Å². The Kier molecular flexibility index (Phi) is 4.13. The first-order valence-corrected chi connectivity index (χ1v) is 8.11. The van der Waals surface area contributed by atoms with Crippen LogP contribution in [0.2, 0.25) is 0 Å². The molecule has 1 saturated carbocycles. The molecular formula is C16H27N3O. The van der Waals surface area contributed by atoms with Crippen molar-refractivity contribution in [2.45, 2.75) is 58.5 Å². The van der Waals surface area contributed by atoms with Crippen LogP contribution >= 0.6 is 0 Å². The average Bonchev–Trinajstić information content (AvgIpc) is 3.05. The van der Waals surface area contributed by atoms with Gasteiger partial charge in [0, 0.05) is 36.8 Å². The highest BCUT2D eigenvalue weighted by Crippen LogP contribution is 2.33. The van der Waals surface area contributed by atoms with Crippen molar-refractivity contribution in [1.29, 1.82) is 0 Å². The highest BCUT2D eigenvalue weighted by molar-refractivity contribution is 5.13. The molecule has 2 aliphatic rings. The molecule has 1 unspecified atom stereocenters. The van der Waals surface area contributed by atoms with Crippen LogP contribution in [0.5, 0.6) is 0 Å². The fraction of sp³-hybridized carbons (Fsp3) is 0.812. The molecule has 4 nitrogen and oxygen atoms in total. The Balaban J connectivity index is 1.72. The summed E-state index contributed by atoms with van der Waals surface area (Å²) in [5.41, 5.74) is 2.87. The molecule has 1 saturated heterocycles. The second-order valence-corrected chi connectivity index (χ2v) is 6.43.